The van der Waals surface area contributed by atoms with Crippen molar-refractivity contribution in [3.8, 4) is 0 Å². The maximum Gasteiger partial charge on any atom is 0.219 e. The molecule has 3 aliphatic rings. The van der Waals surface area contributed by atoms with Gasteiger partial charge < -0.3 is 9.64 Å². The normalized spacial score (nSPS) is 29.2. The Morgan fingerprint density at radius 3 is 2.18 bits per heavy atom. The summed E-state index contributed by atoms with van der Waals surface area (Å²) in [5.74, 6) is 0.245. The van der Waals surface area contributed by atoms with Crippen molar-refractivity contribution in [1.29, 1.82) is 0 Å². The number of ether oxygens (including phenoxy) is 1. The summed E-state index contributed by atoms with van der Waals surface area (Å²) in [6, 6.07) is 10.0. The van der Waals surface area contributed by atoms with Crippen LogP contribution < -0.4 is 0 Å². The molecule has 0 aromatic heterocycles. The highest BCUT2D eigenvalue weighted by molar-refractivity contribution is 7.88. The number of amides is 1. The summed E-state index contributed by atoms with van der Waals surface area (Å²) >= 11 is 0. The van der Waals surface area contributed by atoms with Gasteiger partial charge in [-0.1, -0.05) is 30.3 Å². The van der Waals surface area contributed by atoms with Crippen molar-refractivity contribution in [2.75, 3.05) is 13.1 Å². The lowest BCUT2D eigenvalue weighted by Gasteiger charge is -2.40. The first-order valence-corrected chi connectivity index (χ1v) is 12.0. The van der Waals surface area contributed by atoms with Crippen molar-refractivity contribution >= 4 is 15.9 Å². The second kappa shape index (κ2) is 8.13. The van der Waals surface area contributed by atoms with Crippen LogP contribution >= 0.6 is 0 Å². The van der Waals surface area contributed by atoms with E-state index in [4.69, 9.17) is 4.74 Å². The van der Waals surface area contributed by atoms with Crippen molar-refractivity contribution in [1.82, 2.24) is 9.21 Å². The van der Waals surface area contributed by atoms with E-state index >= 15 is 0 Å². The minimum Gasteiger partial charge on any atom is -0.375 e. The molecule has 3 aliphatic heterocycles. The molecule has 7 heteroatoms. The summed E-state index contributed by atoms with van der Waals surface area (Å²) in [6.07, 6.45) is 5.82. The van der Waals surface area contributed by atoms with E-state index in [-0.39, 0.29) is 23.9 Å². The predicted molar refractivity (Wildman–Crippen MR) is 107 cm³/mol. The van der Waals surface area contributed by atoms with Gasteiger partial charge in [0.1, 0.15) is 0 Å². The van der Waals surface area contributed by atoms with Crippen molar-refractivity contribution in [2.45, 2.75) is 75.5 Å². The van der Waals surface area contributed by atoms with Crippen LogP contribution in [0, 0.1) is 0 Å². The fourth-order valence-electron chi connectivity index (χ4n) is 5.15. The Balaban J connectivity index is 1.28. The Bertz CT molecular complexity index is 776. The summed E-state index contributed by atoms with van der Waals surface area (Å²) in [5, 5.41) is 0. The third-order valence-corrected chi connectivity index (χ3v) is 8.27. The zero-order valence-corrected chi connectivity index (χ0v) is 17.3. The topological polar surface area (TPSA) is 66.9 Å². The van der Waals surface area contributed by atoms with E-state index in [9.17, 15) is 13.2 Å². The summed E-state index contributed by atoms with van der Waals surface area (Å²) in [6.45, 7) is 2.72. The Labute approximate surface area is 167 Å². The zero-order chi connectivity index (χ0) is 19.7. The quantitative estimate of drug-likeness (QED) is 0.754. The molecule has 6 nitrogen and oxygen atoms in total. The molecule has 0 saturated carbocycles. The third-order valence-electron chi connectivity index (χ3n) is 6.42. The molecule has 3 saturated heterocycles. The van der Waals surface area contributed by atoms with E-state index in [0.717, 1.165) is 44.1 Å². The molecule has 1 unspecified atom stereocenters. The summed E-state index contributed by atoms with van der Waals surface area (Å²) in [7, 11) is -3.28. The second-order valence-electron chi connectivity index (χ2n) is 8.38. The van der Waals surface area contributed by atoms with Gasteiger partial charge in [0.05, 0.1) is 18.0 Å². The number of piperidine rings is 2. The van der Waals surface area contributed by atoms with Gasteiger partial charge in [-0.2, -0.15) is 0 Å². The van der Waals surface area contributed by atoms with Crippen LogP contribution in [0.15, 0.2) is 30.3 Å². The van der Waals surface area contributed by atoms with Crippen molar-refractivity contribution < 1.29 is 17.9 Å². The highest BCUT2D eigenvalue weighted by atomic mass is 32.2. The lowest BCUT2D eigenvalue weighted by molar-refractivity contribution is -0.138. The average Bonchev–Trinajstić information content (AvgIpc) is 2.94. The molecule has 1 amide bonds. The van der Waals surface area contributed by atoms with Gasteiger partial charge in [-0.3, -0.25) is 4.79 Å². The van der Waals surface area contributed by atoms with Crippen LogP contribution in [0.4, 0.5) is 0 Å². The molecule has 3 heterocycles. The summed E-state index contributed by atoms with van der Waals surface area (Å²) in [4.78, 5) is 13.9. The van der Waals surface area contributed by atoms with E-state index in [2.05, 4.69) is 4.90 Å². The van der Waals surface area contributed by atoms with Crippen LogP contribution in [0.1, 0.15) is 51.0 Å². The molecular formula is C21H30N2O4S. The second-order valence-corrected chi connectivity index (χ2v) is 10.3. The van der Waals surface area contributed by atoms with Crippen LogP contribution in [-0.4, -0.2) is 60.9 Å². The SMILES string of the molecule is CC(=O)N1[C@@H]2CC[C@H]1CC(OC1CCN(S(=O)(=O)Cc3ccccc3)CC1)C2. The van der Waals surface area contributed by atoms with E-state index in [1.54, 1.807) is 11.2 Å². The van der Waals surface area contributed by atoms with Gasteiger partial charge in [-0.15, -0.1) is 0 Å². The first kappa shape index (κ1) is 19.9. The molecule has 2 bridgehead atoms. The summed E-state index contributed by atoms with van der Waals surface area (Å²) in [5.41, 5.74) is 0.827. The van der Waals surface area contributed by atoms with Crippen molar-refractivity contribution in [3.63, 3.8) is 0 Å². The highest BCUT2D eigenvalue weighted by Crippen LogP contribution is 2.37. The van der Waals surface area contributed by atoms with Gasteiger partial charge in [-0.05, 0) is 44.1 Å². The van der Waals surface area contributed by atoms with E-state index in [1.807, 2.05) is 30.3 Å². The van der Waals surface area contributed by atoms with E-state index in [1.165, 1.54) is 0 Å². The third kappa shape index (κ3) is 4.26. The lowest BCUT2D eigenvalue weighted by atomic mass is 9.98. The molecule has 0 radical (unpaired) electrons. The standard InChI is InChI=1S/C21H30N2O4S/c1-16(24)23-18-7-8-19(23)14-21(13-18)27-20-9-11-22(12-10-20)28(25,26)15-17-5-3-2-4-6-17/h2-6,18-21H,7-15H2,1H3/t18-,19+,21?. The Kier molecular flexibility index (Phi) is 5.76. The number of hydrogen-bond acceptors (Lipinski definition) is 4. The van der Waals surface area contributed by atoms with Crippen molar-refractivity contribution in [3.05, 3.63) is 35.9 Å². The largest absolute Gasteiger partial charge is 0.375 e. The minimum absolute atomic E-state index is 0.0617. The minimum atomic E-state index is -3.28. The Morgan fingerprint density at radius 2 is 1.61 bits per heavy atom. The maximum absolute atomic E-state index is 12.7. The van der Waals surface area contributed by atoms with Crippen LogP contribution in [-0.2, 0) is 25.3 Å². The molecule has 0 N–H and O–H groups in total. The number of fused-ring (bicyclic) bond motifs is 2. The number of rotatable bonds is 5. The number of carbonyl (C=O) groups is 1. The lowest BCUT2D eigenvalue weighted by Crippen LogP contribution is -2.49. The molecule has 4 rings (SSSR count). The average molecular weight is 407 g/mol. The molecule has 0 spiro atoms. The Morgan fingerprint density at radius 1 is 1.00 bits per heavy atom. The molecule has 1 aromatic rings. The fourth-order valence-corrected chi connectivity index (χ4v) is 6.71. The zero-order valence-electron chi connectivity index (χ0n) is 16.5. The number of hydrogen-bond donors (Lipinski definition) is 0. The molecule has 0 aliphatic carbocycles. The number of carbonyl (C=O) groups excluding carboxylic acids is 1. The first-order valence-electron chi connectivity index (χ1n) is 10.4. The number of sulfonamides is 1. The smallest absolute Gasteiger partial charge is 0.219 e. The molecule has 3 atom stereocenters. The van der Waals surface area contributed by atoms with Gasteiger partial charge in [0.2, 0.25) is 15.9 Å². The number of benzene rings is 1. The van der Waals surface area contributed by atoms with E-state index < -0.39 is 10.0 Å². The molecule has 3 fully saturated rings. The molecule has 1 aromatic carbocycles. The Hall–Kier alpha value is -1.44. The highest BCUT2D eigenvalue weighted by Gasteiger charge is 2.43. The maximum atomic E-state index is 12.7. The van der Waals surface area contributed by atoms with Crippen LogP contribution in [0.25, 0.3) is 0 Å². The van der Waals surface area contributed by atoms with Gasteiger partial charge in [-0.25, -0.2) is 12.7 Å². The summed E-state index contributed by atoms with van der Waals surface area (Å²) < 4.78 is 33.4. The number of nitrogens with zero attached hydrogens (tertiary/aromatic N) is 2. The molecule has 28 heavy (non-hydrogen) atoms. The van der Waals surface area contributed by atoms with Crippen molar-refractivity contribution in [2.24, 2.45) is 0 Å². The van der Waals surface area contributed by atoms with Gasteiger partial charge in [0.15, 0.2) is 0 Å². The van der Waals surface area contributed by atoms with Gasteiger partial charge in [0, 0.05) is 32.1 Å². The predicted octanol–water partition coefficient (Wildman–Crippen LogP) is 2.54. The first-order chi connectivity index (χ1) is 13.4. The molecule has 154 valence electrons. The van der Waals surface area contributed by atoms with Gasteiger partial charge >= 0.3 is 0 Å². The van der Waals surface area contributed by atoms with Gasteiger partial charge in [0.25, 0.3) is 0 Å². The molecular weight excluding hydrogens is 376 g/mol. The van der Waals surface area contributed by atoms with E-state index in [0.29, 0.717) is 25.2 Å². The van der Waals surface area contributed by atoms with Crippen LogP contribution in [0.2, 0.25) is 0 Å². The monoisotopic (exact) mass is 406 g/mol. The van der Waals surface area contributed by atoms with Crippen LogP contribution in [0.3, 0.4) is 0 Å². The fraction of sp³-hybridized carbons (Fsp3) is 0.667. The van der Waals surface area contributed by atoms with Crippen LogP contribution in [0.5, 0.6) is 0 Å².